The van der Waals surface area contributed by atoms with Gasteiger partial charge in [-0.1, -0.05) is 0 Å². The number of carbonyl (C=O) groups excluding carboxylic acids is 1. The summed E-state index contributed by atoms with van der Waals surface area (Å²) in [6.45, 7) is 0. The predicted octanol–water partition coefficient (Wildman–Crippen LogP) is -1.39. The largest absolute Gasteiger partial charge is 0.276 e. The second kappa shape index (κ2) is 4.68. The number of hydrazine groups is 2. The number of nitrogens with zero attached hydrogens (tertiary/aromatic N) is 1. The molecule has 0 saturated heterocycles. The molecule has 5 heteroatoms. The standard InChI is InChI=1S/CH5N3O.ClH/c2-4(3)1-5;/h1H,2-3H2;1H. The molecule has 0 aromatic carbocycles. The van der Waals surface area contributed by atoms with E-state index in [0.29, 0.717) is 11.5 Å². The molecule has 1 amide bonds. The number of hydrogen-bond acceptors (Lipinski definition) is 3. The third-order valence-electron chi connectivity index (χ3n) is 0.122. The molecule has 4 nitrogen and oxygen atoms in total. The van der Waals surface area contributed by atoms with E-state index in [9.17, 15) is 4.79 Å². The van der Waals surface area contributed by atoms with Gasteiger partial charge in [-0.15, -0.1) is 12.4 Å². The highest BCUT2D eigenvalue weighted by molar-refractivity contribution is 5.85. The quantitative estimate of drug-likeness (QED) is 0.190. The van der Waals surface area contributed by atoms with E-state index >= 15 is 0 Å². The molecule has 0 aliphatic carbocycles. The van der Waals surface area contributed by atoms with Crippen LogP contribution in [0, 0.1) is 0 Å². The predicted molar refractivity (Wildman–Crippen MR) is 23.5 cm³/mol. The van der Waals surface area contributed by atoms with Crippen LogP contribution < -0.4 is 11.7 Å². The van der Waals surface area contributed by atoms with Crippen molar-refractivity contribution in [3.63, 3.8) is 0 Å². The zero-order valence-electron chi connectivity index (χ0n) is 3.00. The Bertz CT molecular complexity index is 37.8. The van der Waals surface area contributed by atoms with Gasteiger partial charge in [0.15, 0.2) is 0 Å². The van der Waals surface area contributed by atoms with Gasteiger partial charge in [-0.3, -0.25) is 4.79 Å². The van der Waals surface area contributed by atoms with Crippen LogP contribution in [0.15, 0.2) is 0 Å². The Kier molecular flexibility index (Phi) is 7.17. The van der Waals surface area contributed by atoms with E-state index in [2.05, 4.69) is 11.7 Å². The Balaban J connectivity index is 0. The summed E-state index contributed by atoms with van der Waals surface area (Å²) < 4.78 is 0. The van der Waals surface area contributed by atoms with Crippen molar-refractivity contribution >= 4 is 18.8 Å². The lowest BCUT2D eigenvalue weighted by molar-refractivity contribution is -0.118. The Morgan fingerprint density at radius 1 is 1.50 bits per heavy atom. The molecule has 38 valence electrons. The molecule has 0 fully saturated rings. The maximum atomic E-state index is 9.18. The summed E-state index contributed by atoms with van der Waals surface area (Å²) >= 11 is 0. The second-order valence-electron chi connectivity index (χ2n) is 0.553. The van der Waals surface area contributed by atoms with Gasteiger partial charge >= 0.3 is 0 Å². The van der Waals surface area contributed by atoms with Crippen molar-refractivity contribution in [1.82, 2.24) is 5.12 Å². The van der Waals surface area contributed by atoms with Gasteiger partial charge in [-0.25, -0.2) is 16.8 Å². The highest BCUT2D eigenvalue weighted by Gasteiger charge is 1.68. The molecule has 0 heterocycles. The van der Waals surface area contributed by atoms with Crippen LogP contribution in [0.4, 0.5) is 0 Å². The van der Waals surface area contributed by atoms with Crippen LogP contribution in [0.2, 0.25) is 0 Å². The first kappa shape index (κ1) is 9.19. The summed E-state index contributed by atoms with van der Waals surface area (Å²) in [7, 11) is 0. The van der Waals surface area contributed by atoms with E-state index in [1.165, 1.54) is 0 Å². The van der Waals surface area contributed by atoms with Crippen molar-refractivity contribution in [1.29, 1.82) is 0 Å². The number of amides is 1. The fraction of sp³-hybridized carbons (Fsp3) is 0. The van der Waals surface area contributed by atoms with E-state index in [4.69, 9.17) is 0 Å². The van der Waals surface area contributed by atoms with Crippen LogP contribution >= 0.6 is 12.4 Å². The second-order valence-corrected chi connectivity index (χ2v) is 0.553. The van der Waals surface area contributed by atoms with E-state index in [1.807, 2.05) is 0 Å². The number of rotatable bonds is 1. The highest BCUT2D eigenvalue weighted by atomic mass is 35.5. The lowest BCUT2D eigenvalue weighted by atomic mass is 11.4. The molecule has 0 atom stereocenters. The van der Waals surface area contributed by atoms with Gasteiger partial charge in [-0.2, -0.15) is 0 Å². The number of halogens is 1. The third kappa shape index (κ3) is 9.36. The first-order chi connectivity index (χ1) is 2.27. The molecule has 0 aliphatic rings. The summed E-state index contributed by atoms with van der Waals surface area (Å²) in [6, 6.07) is 0. The van der Waals surface area contributed by atoms with Gasteiger partial charge < -0.3 is 0 Å². The minimum absolute atomic E-state index is 0. The molecular formula is CH6ClN3O. The molecule has 0 aromatic rings. The van der Waals surface area contributed by atoms with E-state index < -0.39 is 0 Å². The van der Waals surface area contributed by atoms with Crippen molar-refractivity contribution in [2.24, 2.45) is 11.7 Å². The molecule has 4 N–H and O–H groups in total. The summed E-state index contributed by atoms with van der Waals surface area (Å²) in [5, 5.41) is 0.444. The van der Waals surface area contributed by atoms with E-state index in [0.717, 1.165) is 0 Å². The monoisotopic (exact) mass is 111 g/mol. The third-order valence-corrected chi connectivity index (χ3v) is 0.122. The van der Waals surface area contributed by atoms with E-state index in [-0.39, 0.29) is 12.4 Å². The van der Waals surface area contributed by atoms with Gasteiger partial charge in [0, 0.05) is 0 Å². The van der Waals surface area contributed by atoms with Crippen LogP contribution in [-0.4, -0.2) is 11.5 Å². The number of carbonyl (C=O) groups is 1. The van der Waals surface area contributed by atoms with Crippen molar-refractivity contribution in [3.8, 4) is 0 Å². The Morgan fingerprint density at radius 2 is 1.67 bits per heavy atom. The maximum absolute atomic E-state index is 9.18. The Morgan fingerprint density at radius 3 is 1.67 bits per heavy atom. The fourth-order valence-corrected chi connectivity index (χ4v) is 0. The summed E-state index contributed by atoms with van der Waals surface area (Å²) in [5.74, 6) is 9.07. The molecule has 0 saturated carbocycles. The van der Waals surface area contributed by atoms with Gasteiger partial charge in [0.1, 0.15) is 0 Å². The normalized spacial score (nSPS) is 5.67. The number of nitrogens with two attached hydrogens (primary N) is 2. The molecular weight excluding hydrogens is 105 g/mol. The summed E-state index contributed by atoms with van der Waals surface area (Å²) in [5.41, 5.74) is 0. The molecule has 0 aliphatic heterocycles. The summed E-state index contributed by atoms with van der Waals surface area (Å²) in [4.78, 5) is 9.18. The van der Waals surface area contributed by atoms with E-state index in [1.54, 1.807) is 0 Å². The van der Waals surface area contributed by atoms with Gasteiger partial charge in [0.2, 0.25) is 6.41 Å². The maximum Gasteiger partial charge on any atom is 0.238 e. The lowest BCUT2D eigenvalue weighted by Crippen LogP contribution is -2.35. The van der Waals surface area contributed by atoms with Gasteiger partial charge in [0.05, 0.1) is 0 Å². The zero-order chi connectivity index (χ0) is 4.28. The SMILES string of the molecule is Cl.NN(N)C=O. The van der Waals surface area contributed by atoms with Crippen LogP contribution in [0.5, 0.6) is 0 Å². The smallest absolute Gasteiger partial charge is 0.238 e. The Labute approximate surface area is 41.4 Å². The first-order valence-corrected chi connectivity index (χ1v) is 1.01. The molecule has 0 unspecified atom stereocenters. The van der Waals surface area contributed by atoms with Crippen molar-refractivity contribution in [2.45, 2.75) is 0 Å². The first-order valence-electron chi connectivity index (χ1n) is 1.01. The average molecular weight is 112 g/mol. The molecule has 0 bridgehead atoms. The van der Waals surface area contributed by atoms with Crippen molar-refractivity contribution < 1.29 is 4.79 Å². The summed E-state index contributed by atoms with van der Waals surface area (Å²) in [6.07, 6.45) is 0.306. The zero-order valence-corrected chi connectivity index (χ0v) is 3.81. The molecule has 0 aromatic heterocycles. The molecule has 6 heavy (non-hydrogen) atoms. The van der Waals surface area contributed by atoms with Crippen LogP contribution in [0.1, 0.15) is 0 Å². The van der Waals surface area contributed by atoms with Crippen LogP contribution in [0.25, 0.3) is 0 Å². The van der Waals surface area contributed by atoms with Crippen LogP contribution in [-0.2, 0) is 4.79 Å². The lowest BCUT2D eigenvalue weighted by Gasteiger charge is -1.93. The molecule has 0 rings (SSSR count). The molecule has 0 spiro atoms. The van der Waals surface area contributed by atoms with Crippen molar-refractivity contribution in [2.75, 3.05) is 0 Å². The highest BCUT2D eigenvalue weighted by Crippen LogP contribution is 1.33. The average Bonchev–Trinajstić information content (AvgIpc) is 1.38. The Hall–Kier alpha value is -0.320. The minimum Gasteiger partial charge on any atom is -0.276 e. The fourth-order valence-electron chi connectivity index (χ4n) is 0. The number of hydrogen-bond donors (Lipinski definition) is 2. The molecule has 0 radical (unpaired) electrons. The van der Waals surface area contributed by atoms with Crippen molar-refractivity contribution in [3.05, 3.63) is 0 Å². The topological polar surface area (TPSA) is 72.3 Å². The van der Waals surface area contributed by atoms with Gasteiger partial charge in [0.25, 0.3) is 0 Å². The van der Waals surface area contributed by atoms with Crippen LogP contribution in [0.3, 0.4) is 0 Å². The minimum atomic E-state index is 0. The van der Waals surface area contributed by atoms with Gasteiger partial charge in [-0.05, 0) is 0 Å².